The molecule has 2 rings (SSSR count). The number of rotatable bonds is 4. The lowest BCUT2D eigenvalue weighted by molar-refractivity contribution is 0.473. The lowest BCUT2D eigenvalue weighted by Crippen LogP contribution is -1.96. The number of hydrogen-bond donors (Lipinski definition) is 0. The van der Waals surface area contributed by atoms with Crippen molar-refractivity contribution in [2.24, 2.45) is 0 Å². The fraction of sp³-hybridized carbons (Fsp3) is 0.333. The Bertz CT molecular complexity index is 650. The third-order valence-electron chi connectivity index (χ3n) is 3.50. The van der Waals surface area contributed by atoms with Gasteiger partial charge in [0.25, 0.3) is 0 Å². The molecule has 0 heterocycles. The Balaban J connectivity index is 2.42. The fourth-order valence-electron chi connectivity index (χ4n) is 2.25. The maximum Gasteiger partial charge on any atom is 0.131 e. The molecule has 2 aromatic rings. The number of halogens is 2. The van der Waals surface area contributed by atoms with Gasteiger partial charge in [-0.15, -0.1) is 0 Å². The van der Waals surface area contributed by atoms with Crippen molar-refractivity contribution in [1.82, 2.24) is 0 Å². The second-order valence-corrected chi connectivity index (χ2v) is 6.61. The Morgan fingerprint density at radius 1 is 1.10 bits per heavy atom. The topological polar surface area (TPSA) is 9.23 Å². The zero-order chi connectivity index (χ0) is 15.6. The highest BCUT2D eigenvalue weighted by Gasteiger charge is 2.12. The van der Waals surface area contributed by atoms with Crippen LogP contribution in [0, 0.1) is 13.8 Å². The number of alkyl halides is 1. The van der Waals surface area contributed by atoms with Crippen molar-refractivity contribution in [1.29, 1.82) is 0 Å². The Morgan fingerprint density at radius 3 is 2.43 bits per heavy atom. The summed E-state index contributed by atoms with van der Waals surface area (Å²) in [6.45, 7) is 8.37. The van der Waals surface area contributed by atoms with Gasteiger partial charge in [0.05, 0.1) is 0 Å². The van der Waals surface area contributed by atoms with Gasteiger partial charge in [0.1, 0.15) is 11.5 Å². The molecule has 21 heavy (non-hydrogen) atoms. The highest BCUT2D eigenvalue weighted by Crippen LogP contribution is 2.35. The fourth-order valence-corrected chi connectivity index (χ4v) is 3.13. The van der Waals surface area contributed by atoms with E-state index in [1.54, 1.807) is 0 Å². The van der Waals surface area contributed by atoms with Gasteiger partial charge in [-0.1, -0.05) is 59.1 Å². The van der Waals surface area contributed by atoms with Crippen molar-refractivity contribution >= 4 is 27.5 Å². The highest BCUT2D eigenvalue weighted by molar-refractivity contribution is 9.08. The van der Waals surface area contributed by atoms with E-state index in [2.05, 4.69) is 54.9 Å². The molecule has 0 saturated carbocycles. The van der Waals surface area contributed by atoms with E-state index >= 15 is 0 Å². The molecule has 0 aliphatic carbocycles. The van der Waals surface area contributed by atoms with Gasteiger partial charge in [-0.2, -0.15) is 0 Å². The minimum absolute atomic E-state index is 0.370. The maximum atomic E-state index is 6.32. The van der Waals surface area contributed by atoms with E-state index in [9.17, 15) is 0 Å². The van der Waals surface area contributed by atoms with Crippen LogP contribution in [0.5, 0.6) is 11.5 Å². The van der Waals surface area contributed by atoms with Crippen molar-refractivity contribution in [3.63, 3.8) is 0 Å². The molecule has 0 N–H and O–H groups in total. The summed E-state index contributed by atoms with van der Waals surface area (Å²) in [7, 11) is 0. The Hall–Kier alpha value is -0.990. The van der Waals surface area contributed by atoms with Gasteiger partial charge in [-0.05, 0) is 49.1 Å². The van der Waals surface area contributed by atoms with Gasteiger partial charge in [0, 0.05) is 15.9 Å². The molecule has 0 spiro atoms. The molecule has 0 unspecified atom stereocenters. The number of benzene rings is 2. The van der Waals surface area contributed by atoms with Gasteiger partial charge < -0.3 is 4.74 Å². The second kappa shape index (κ2) is 6.85. The lowest BCUT2D eigenvalue weighted by Gasteiger charge is -2.16. The van der Waals surface area contributed by atoms with Crippen LogP contribution in [0.4, 0.5) is 0 Å². The van der Waals surface area contributed by atoms with E-state index in [1.807, 2.05) is 19.1 Å². The zero-order valence-corrected chi connectivity index (χ0v) is 15.2. The molecule has 0 bridgehead atoms. The quantitative estimate of drug-likeness (QED) is 0.542. The van der Waals surface area contributed by atoms with Crippen LogP contribution in [0.3, 0.4) is 0 Å². The lowest BCUT2D eigenvalue weighted by atomic mass is 10.0. The molecule has 2 aromatic carbocycles. The molecule has 0 radical (unpaired) electrons. The monoisotopic (exact) mass is 366 g/mol. The van der Waals surface area contributed by atoms with Crippen molar-refractivity contribution < 1.29 is 4.74 Å². The van der Waals surface area contributed by atoms with Crippen molar-refractivity contribution in [2.45, 2.75) is 38.9 Å². The van der Waals surface area contributed by atoms with Gasteiger partial charge in [-0.3, -0.25) is 0 Å². The predicted octanol–water partition coefficient (Wildman–Crippen LogP) is 6.77. The number of hydrogen-bond acceptors (Lipinski definition) is 1. The summed E-state index contributed by atoms with van der Waals surface area (Å²) in [5.41, 5.74) is 4.54. The van der Waals surface area contributed by atoms with Crippen LogP contribution in [-0.2, 0) is 5.33 Å². The van der Waals surface area contributed by atoms with Crippen molar-refractivity contribution in [2.75, 3.05) is 0 Å². The third kappa shape index (κ3) is 3.81. The zero-order valence-electron chi connectivity index (χ0n) is 12.8. The molecule has 0 aliphatic rings. The first kappa shape index (κ1) is 16.4. The van der Waals surface area contributed by atoms with Gasteiger partial charge in [-0.25, -0.2) is 0 Å². The molecule has 0 atom stereocenters. The van der Waals surface area contributed by atoms with E-state index in [4.69, 9.17) is 16.3 Å². The molecule has 0 aromatic heterocycles. The largest absolute Gasteiger partial charge is 0.457 e. The minimum Gasteiger partial charge on any atom is -0.457 e. The van der Waals surface area contributed by atoms with Crippen LogP contribution in [0.1, 0.15) is 42.0 Å². The van der Waals surface area contributed by atoms with Gasteiger partial charge in [0.2, 0.25) is 0 Å². The van der Waals surface area contributed by atoms with Crippen molar-refractivity contribution in [3.8, 4) is 11.5 Å². The molecular formula is C18H20BrClO. The van der Waals surface area contributed by atoms with Crippen LogP contribution in [0.2, 0.25) is 5.02 Å². The SMILES string of the molecule is Cc1ccc(Oc2cc(C(C)C)c(Cl)cc2C)c(CBr)c1. The summed E-state index contributed by atoms with van der Waals surface area (Å²) >= 11 is 9.84. The molecule has 3 heteroatoms. The van der Waals surface area contributed by atoms with Crippen LogP contribution in [-0.4, -0.2) is 0 Å². The van der Waals surface area contributed by atoms with Crippen molar-refractivity contribution in [3.05, 3.63) is 57.6 Å². The summed E-state index contributed by atoms with van der Waals surface area (Å²) in [5, 5.41) is 1.58. The van der Waals surface area contributed by atoms with Crippen LogP contribution in [0.15, 0.2) is 30.3 Å². The summed E-state index contributed by atoms with van der Waals surface area (Å²) < 4.78 is 6.14. The summed E-state index contributed by atoms with van der Waals surface area (Å²) in [4.78, 5) is 0. The Morgan fingerprint density at radius 2 is 1.81 bits per heavy atom. The molecule has 0 saturated heterocycles. The van der Waals surface area contributed by atoms with E-state index in [1.165, 1.54) is 5.56 Å². The minimum atomic E-state index is 0.370. The first-order chi connectivity index (χ1) is 9.92. The molecule has 1 nitrogen and oxygen atoms in total. The highest BCUT2D eigenvalue weighted by atomic mass is 79.9. The second-order valence-electron chi connectivity index (χ2n) is 5.64. The summed E-state index contributed by atoms with van der Waals surface area (Å²) in [6, 6.07) is 10.3. The van der Waals surface area contributed by atoms with E-state index in [0.717, 1.165) is 38.5 Å². The summed E-state index contributed by atoms with van der Waals surface area (Å²) in [5.74, 6) is 2.13. The van der Waals surface area contributed by atoms with Gasteiger partial charge in [0.15, 0.2) is 0 Å². The number of aryl methyl sites for hydroxylation is 2. The average Bonchev–Trinajstić information content (AvgIpc) is 2.42. The molecule has 112 valence electrons. The Labute approximate surface area is 140 Å². The van der Waals surface area contributed by atoms with E-state index in [0.29, 0.717) is 5.92 Å². The molecule has 0 fully saturated rings. The average molecular weight is 368 g/mol. The standard InChI is InChI=1S/C18H20BrClO/c1-11(2)15-9-18(13(4)8-16(15)20)21-17-6-5-12(3)7-14(17)10-19/h5-9,11H,10H2,1-4H3. The van der Waals surface area contributed by atoms with E-state index < -0.39 is 0 Å². The van der Waals surface area contributed by atoms with Crippen LogP contribution in [0.25, 0.3) is 0 Å². The normalized spacial score (nSPS) is 11.0. The Kier molecular flexibility index (Phi) is 5.34. The molecule has 0 amide bonds. The first-order valence-corrected chi connectivity index (χ1v) is 8.55. The smallest absolute Gasteiger partial charge is 0.131 e. The maximum absolute atomic E-state index is 6.32. The summed E-state index contributed by atoms with van der Waals surface area (Å²) in [6.07, 6.45) is 0. The predicted molar refractivity (Wildman–Crippen MR) is 94.2 cm³/mol. The molecular weight excluding hydrogens is 348 g/mol. The van der Waals surface area contributed by atoms with E-state index in [-0.39, 0.29) is 0 Å². The van der Waals surface area contributed by atoms with Crippen LogP contribution >= 0.6 is 27.5 Å². The number of ether oxygens (including phenoxy) is 1. The third-order valence-corrected chi connectivity index (χ3v) is 4.43. The first-order valence-electron chi connectivity index (χ1n) is 7.05. The van der Waals surface area contributed by atoms with Crippen LogP contribution < -0.4 is 4.74 Å². The molecule has 0 aliphatic heterocycles. The van der Waals surface area contributed by atoms with Gasteiger partial charge >= 0.3 is 0 Å².